The predicted octanol–water partition coefficient (Wildman–Crippen LogP) is 3.27. The smallest absolute Gasteiger partial charge is 0.246 e. The number of carbonyl (C=O) groups excluding carboxylic acids is 1. The Hall–Kier alpha value is -1.53. The second-order valence-corrected chi connectivity index (χ2v) is 6.33. The van der Waals surface area contributed by atoms with Gasteiger partial charge in [-0.1, -0.05) is 11.6 Å². The molecule has 2 aromatic rings. The first-order valence-electron chi connectivity index (χ1n) is 6.59. The molecule has 1 aliphatic carbocycles. The van der Waals surface area contributed by atoms with Crippen LogP contribution in [0.4, 0.5) is 5.69 Å². The minimum Gasteiger partial charge on any atom is -0.369 e. The number of nitrogens with two attached hydrogens (primary N) is 1. The molecule has 0 spiro atoms. The summed E-state index contributed by atoms with van der Waals surface area (Å²) in [5.41, 5.74) is 7.10. The van der Waals surface area contributed by atoms with E-state index in [1.807, 2.05) is 10.6 Å². The summed E-state index contributed by atoms with van der Waals surface area (Å²) in [6.07, 6.45) is 5.66. The van der Waals surface area contributed by atoms with Gasteiger partial charge in [-0.05, 0) is 47.0 Å². The second kappa shape index (κ2) is 5.69. The molecule has 1 saturated carbocycles. The molecular formula is C14H14BrClN4O. The van der Waals surface area contributed by atoms with Gasteiger partial charge in [0.2, 0.25) is 5.91 Å². The van der Waals surface area contributed by atoms with Crippen LogP contribution in [0.5, 0.6) is 0 Å². The number of hydrogen-bond donors (Lipinski definition) is 2. The third kappa shape index (κ3) is 3.06. The van der Waals surface area contributed by atoms with E-state index in [0.717, 1.165) is 28.7 Å². The number of aromatic nitrogens is 2. The fourth-order valence-corrected chi connectivity index (χ4v) is 2.74. The summed E-state index contributed by atoms with van der Waals surface area (Å²) < 4.78 is 2.78. The van der Waals surface area contributed by atoms with Crippen molar-refractivity contribution in [3.8, 4) is 0 Å². The Bertz CT molecular complexity index is 683. The molecule has 1 fully saturated rings. The highest BCUT2D eigenvalue weighted by molar-refractivity contribution is 9.10. The van der Waals surface area contributed by atoms with Crippen LogP contribution in [0.1, 0.15) is 30.6 Å². The number of imidazole rings is 1. The average molecular weight is 370 g/mol. The van der Waals surface area contributed by atoms with Crippen molar-refractivity contribution >= 4 is 39.1 Å². The molecule has 1 unspecified atom stereocenters. The Kier molecular flexibility index (Phi) is 3.91. The fraction of sp³-hybridized carbons (Fsp3) is 0.286. The summed E-state index contributed by atoms with van der Waals surface area (Å²) in [6.45, 7) is 0. The van der Waals surface area contributed by atoms with Crippen LogP contribution in [0.3, 0.4) is 0 Å². The van der Waals surface area contributed by atoms with E-state index in [1.165, 1.54) is 0 Å². The molecule has 1 aromatic carbocycles. The van der Waals surface area contributed by atoms with Gasteiger partial charge in [-0.15, -0.1) is 0 Å². The molecule has 110 valence electrons. The third-order valence-electron chi connectivity index (χ3n) is 3.45. The summed E-state index contributed by atoms with van der Waals surface area (Å²) in [6, 6.07) is 5.19. The molecule has 0 saturated heterocycles. The number of benzene rings is 1. The van der Waals surface area contributed by atoms with Crippen LogP contribution in [0.25, 0.3) is 0 Å². The van der Waals surface area contributed by atoms with Crippen molar-refractivity contribution in [3.05, 3.63) is 45.9 Å². The molecule has 7 heteroatoms. The van der Waals surface area contributed by atoms with E-state index in [9.17, 15) is 4.79 Å². The van der Waals surface area contributed by atoms with E-state index in [2.05, 4.69) is 26.2 Å². The molecule has 1 amide bonds. The maximum absolute atomic E-state index is 11.8. The summed E-state index contributed by atoms with van der Waals surface area (Å²) in [7, 11) is 0. The lowest BCUT2D eigenvalue weighted by Gasteiger charge is -2.19. The number of nitrogens with one attached hydrogen (secondary N) is 1. The van der Waals surface area contributed by atoms with Crippen molar-refractivity contribution in [2.75, 3.05) is 5.32 Å². The lowest BCUT2D eigenvalue weighted by molar-refractivity contribution is -0.119. The molecule has 21 heavy (non-hydrogen) atoms. The highest BCUT2D eigenvalue weighted by Crippen LogP contribution is 2.37. The molecule has 1 atom stereocenters. The van der Waals surface area contributed by atoms with Gasteiger partial charge in [0.15, 0.2) is 0 Å². The highest BCUT2D eigenvalue weighted by Gasteiger charge is 2.30. The number of hydrogen-bond acceptors (Lipinski definition) is 3. The Morgan fingerprint density at radius 3 is 2.90 bits per heavy atom. The quantitative estimate of drug-likeness (QED) is 0.849. The first kappa shape index (κ1) is 14.4. The molecule has 5 nitrogen and oxygen atoms in total. The zero-order chi connectivity index (χ0) is 15.0. The molecule has 1 aliphatic rings. The van der Waals surface area contributed by atoms with Crippen molar-refractivity contribution in [1.29, 1.82) is 0 Å². The summed E-state index contributed by atoms with van der Waals surface area (Å²) >= 11 is 9.34. The van der Waals surface area contributed by atoms with Crippen LogP contribution in [-0.2, 0) is 4.79 Å². The Balaban J connectivity index is 1.89. The van der Waals surface area contributed by atoms with Crippen LogP contribution in [-0.4, -0.2) is 15.5 Å². The Labute approximate surface area is 135 Å². The number of amides is 1. The van der Waals surface area contributed by atoms with Gasteiger partial charge in [0.25, 0.3) is 0 Å². The third-order valence-corrected chi connectivity index (χ3v) is 4.66. The largest absolute Gasteiger partial charge is 0.369 e. The lowest BCUT2D eigenvalue weighted by atomic mass is 10.2. The van der Waals surface area contributed by atoms with Gasteiger partial charge in [-0.2, -0.15) is 0 Å². The molecule has 3 N–H and O–H groups in total. The van der Waals surface area contributed by atoms with Gasteiger partial charge >= 0.3 is 0 Å². The van der Waals surface area contributed by atoms with E-state index in [-0.39, 0.29) is 0 Å². The minimum absolute atomic E-state index is 0.433. The highest BCUT2D eigenvalue weighted by atomic mass is 79.9. The molecule has 0 aliphatic heterocycles. The Morgan fingerprint density at radius 2 is 2.29 bits per heavy atom. The summed E-state index contributed by atoms with van der Waals surface area (Å²) in [5, 5.41) is 3.76. The number of carbonyl (C=O) groups is 1. The van der Waals surface area contributed by atoms with E-state index in [1.54, 1.807) is 24.7 Å². The van der Waals surface area contributed by atoms with Crippen LogP contribution in [0.15, 0.2) is 35.2 Å². The van der Waals surface area contributed by atoms with E-state index in [4.69, 9.17) is 17.3 Å². The van der Waals surface area contributed by atoms with E-state index < -0.39 is 11.9 Å². The zero-order valence-corrected chi connectivity index (χ0v) is 13.4. The predicted molar refractivity (Wildman–Crippen MR) is 85.2 cm³/mol. The van der Waals surface area contributed by atoms with Crippen LogP contribution < -0.4 is 11.1 Å². The maximum atomic E-state index is 11.8. The first-order valence-corrected chi connectivity index (χ1v) is 7.76. The standard InChI is InChI=1S/C14H14BrClN4O/c15-10-5-8(1-4-11(10)16)19-13(14(17)21)12-6-18-7-20(12)9-2-3-9/h1,4-7,9,13,19H,2-3H2,(H2,17,21). The van der Waals surface area contributed by atoms with Crippen molar-refractivity contribution in [2.24, 2.45) is 5.73 Å². The summed E-state index contributed by atoms with van der Waals surface area (Å²) in [4.78, 5) is 16.0. The first-order chi connectivity index (χ1) is 10.1. The molecule has 1 heterocycles. The van der Waals surface area contributed by atoms with E-state index in [0.29, 0.717) is 11.1 Å². The molecule has 1 aromatic heterocycles. The molecule has 3 rings (SSSR count). The van der Waals surface area contributed by atoms with Gasteiger partial charge in [-0.3, -0.25) is 4.79 Å². The zero-order valence-electron chi connectivity index (χ0n) is 11.1. The van der Waals surface area contributed by atoms with Crippen LogP contribution in [0, 0.1) is 0 Å². The van der Waals surface area contributed by atoms with Crippen molar-refractivity contribution in [1.82, 2.24) is 9.55 Å². The molecule has 0 radical (unpaired) electrons. The summed E-state index contributed by atoms with van der Waals surface area (Å²) in [5.74, 6) is -0.441. The fourth-order valence-electron chi connectivity index (χ4n) is 2.24. The molecular weight excluding hydrogens is 356 g/mol. The number of primary amides is 1. The maximum Gasteiger partial charge on any atom is 0.246 e. The minimum atomic E-state index is -0.624. The lowest BCUT2D eigenvalue weighted by Crippen LogP contribution is -2.29. The van der Waals surface area contributed by atoms with Gasteiger partial charge in [0.05, 0.1) is 23.2 Å². The SMILES string of the molecule is NC(=O)C(Nc1ccc(Cl)c(Br)c1)c1cncn1C1CC1. The van der Waals surface area contributed by atoms with Crippen molar-refractivity contribution < 1.29 is 4.79 Å². The van der Waals surface area contributed by atoms with Crippen LogP contribution >= 0.6 is 27.5 Å². The monoisotopic (exact) mass is 368 g/mol. The number of rotatable bonds is 5. The van der Waals surface area contributed by atoms with Crippen LogP contribution in [0.2, 0.25) is 5.02 Å². The Morgan fingerprint density at radius 1 is 1.52 bits per heavy atom. The average Bonchev–Trinajstić information content (AvgIpc) is 3.18. The van der Waals surface area contributed by atoms with Crippen molar-refractivity contribution in [2.45, 2.75) is 24.9 Å². The normalized spacial score (nSPS) is 15.7. The number of nitrogens with zero attached hydrogens (tertiary/aromatic N) is 2. The van der Waals surface area contributed by atoms with Gasteiger partial charge in [0.1, 0.15) is 6.04 Å². The second-order valence-electron chi connectivity index (χ2n) is 5.07. The molecule has 0 bridgehead atoms. The number of halogens is 2. The van der Waals surface area contributed by atoms with E-state index >= 15 is 0 Å². The van der Waals surface area contributed by atoms with Gasteiger partial charge in [-0.25, -0.2) is 4.98 Å². The number of anilines is 1. The topological polar surface area (TPSA) is 72.9 Å². The van der Waals surface area contributed by atoms with Gasteiger partial charge < -0.3 is 15.6 Å². The van der Waals surface area contributed by atoms with Crippen molar-refractivity contribution in [3.63, 3.8) is 0 Å². The van der Waals surface area contributed by atoms with Gasteiger partial charge in [0, 0.05) is 16.2 Å².